The average Bonchev–Trinajstić information content (AvgIpc) is 2.99. The number of aromatic hydroxyl groups is 1. The van der Waals surface area contributed by atoms with Crippen molar-refractivity contribution in [3.05, 3.63) is 101 Å². The molecule has 0 saturated heterocycles. The van der Waals surface area contributed by atoms with Gasteiger partial charge in [0.1, 0.15) is 0 Å². The van der Waals surface area contributed by atoms with Gasteiger partial charge in [0.15, 0.2) is 11.5 Å². The third-order valence-electron chi connectivity index (χ3n) is 5.71. The summed E-state index contributed by atoms with van der Waals surface area (Å²) in [4.78, 5) is 25.5. The molecule has 0 unspecified atom stereocenters. The molecule has 4 N–H and O–H groups in total. The number of anilines is 2. The van der Waals surface area contributed by atoms with Crippen LogP contribution in [0, 0.1) is 11.8 Å². The molecule has 0 bridgehead atoms. The molecule has 40 heavy (non-hydrogen) atoms. The summed E-state index contributed by atoms with van der Waals surface area (Å²) in [5, 5.41) is 25.6. The van der Waals surface area contributed by atoms with E-state index in [1.807, 2.05) is 48.5 Å². The fourth-order valence-electron chi connectivity index (χ4n) is 3.80. The number of carbonyl (C=O) groups is 2. The van der Waals surface area contributed by atoms with Crippen LogP contribution in [0.1, 0.15) is 20.7 Å². The zero-order valence-electron chi connectivity index (χ0n) is 21.8. The van der Waals surface area contributed by atoms with Gasteiger partial charge in [0.25, 0.3) is 11.8 Å². The Morgan fingerprint density at radius 3 is 2.27 bits per heavy atom. The number of rotatable bonds is 9. The van der Waals surface area contributed by atoms with Gasteiger partial charge in [-0.25, -0.2) is 5.26 Å². The number of nitrogens with zero attached hydrogens (tertiary/aromatic N) is 1. The van der Waals surface area contributed by atoms with Crippen LogP contribution >= 0.6 is 11.6 Å². The predicted octanol–water partition coefficient (Wildman–Crippen LogP) is 5.92. The lowest BCUT2D eigenvalue weighted by Crippen LogP contribution is -2.29. The molecule has 0 atom stereocenters. The van der Waals surface area contributed by atoms with Gasteiger partial charge >= 0.3 is 0 Å². The fraction of sp³-hybridized carbons (Fsp3) is 0.100. The Bertz CT molecular complexity index is 1510. The van der Waals surface area contributed by atoms with Crippen molar-refractivity contribution in [2.45, 2.75) is 0 Å². The number of amides is 2. The van der Waals surface area contributed by atoms with Gasteiger partial charge in [-0.1, -0.05) is 54.1 Å². The molecule has 4 aromatic carbocycles. The van der Waals surface area contributed by atoms with Crippen LogP contribution in [0.25, 0.3) is 11.1 Å². The number of hydrogen-bond acceptors (Lipinski definition) is 7. The molecule has 9 nitrogen and oxygen atoms in total. The Hall–Kier alpha value is -5.20. The Morgan fingerprint density at radius 2 is 1.57 bits per heavy atom. The molecule has 0 aliphatic carbocycles. The summed E-state index contributed by atoms with van der Waals surface area (Å²) in [5.41, 5.74) is 3.67. The number of benzene rings is 4. The highest BCUT2D eigenvalue weighted by Crippen LogP contribution is 2.37. The van der Waals surface area contributed by atoms with Crippen LogP contribution in [0.3, 0.4) is 0 Å². The molecule has 0 spiro atoms. The topological polar surface area (TPSA) is 133 Å². The molecule has 0 aliphatic heterocycles. The number of nitriles is 1. The fourth-order valence-corrected chi connectivity index (χ4v) is 3.96. The molecule has 204 valence electrons. The van der Waals surface area contributed by atoms with E-state index in [-0.39, 0.29) is 35.4 Å². The third kappa shape index (κ3) is 7.22. The standard InChI is InChI=1S/C29H26ClN3O5.CHN/c1-37-26-15-21(14-25(34)27(26)38-2)28(35)32-17-31-22-11-12-23(30)24(16-22)33-29(36)20-10-6-9-19(13-20)18-7-4-3-5-8-18;1-2/h3-16,31,34H,17H2,1-2H3,(H,32,35)(H,33,36);1H. The van der Waals surface area contributed by atoms with Gasteiger partial charge in [-0.2, -0.15) is 0 Å². The highest BCUT2D eigenvalue weighted by Gasteiger charge is 2.16. The molecule has 0 heterocycles. The third-order valence-corrected chi connectivity index (χ3v) is 6.04. The molecule has 0 fully saturated rings. The van der Waals surface area contributed by atoms with Crippen molar-refractivity contribution in [3.63, 3.8) is 0 Å². The zero-order chi connectivity index (χ0) is 29.1. The van der Waals surface area contributed by atoms with Crippen LogP contribution in [0.4, 0.5) is 11.4 Å². The van der Waals surface area contributed by atoms with E-state index in [0.29, 0.717) is 22.0 Å². The summed E-state index contributed by atoms with van der Waals surface area (Å²) >= 11 is 6.33. The minimum absolute atomic E-state index is 0.0715. The first-order valence-corrected chi connectivity index (χ1v) is 12.3. The van der Waals surface area contributed by atoms with Crippen molar-refractivity contribution in [2.75, 3.05) is 31.5 Å². The molecule has 10 heteroatoms. The quantitative estimate of drug-likeness (QED) is 0.187. The first kappa shape index (κ1) is 29.4. The van der Waals surface area contributed by atoms with E-state index in [1.54, 1.807) is 24.3 Å². The van der Waals surface area contributed by atoms with Crippen LogP contribution < -0.4 is 25.4 Å². The van der Waals surface area contributed by atoms with Gasteiger partial charge in [0.05, 0.1) is 31.6 Å². The Balaban J connectivity index is 0.00000216. The second kappa shape index (κ2) is 14.1. The van der Waals surface area contributed by atoms with E-state index in [1.165, 1.54) is 26.4 Å². The van der Waals surface area contributed by atoms with Crippen molar-refractivity contribution >= 4 is 34.8 Å². The highest BCUT2D eigenvalue weighted by atomic mass is 35.5. The van der Waals surface area contributed by atoms with Crippen molar-refractivity contribution in [1.29, 1.82) is 5.26 Å². The van der Waals surface area contributed by atoms with Gasteiger partial charge in [-0.3, -0.25) is 9.59 Å². The smallest absolute Gasteiger partial charge is 0.255 e. The number of ether oxygens (including phenoxy) is 2. The van der Waals surface area contributed by atoms with E-state index in [9.17, 15) is 14.7 Å². The van der Waals surface area contributed by atoms with Crippen LogP contribution in [0.5, 0.6) is 17.2 Å². The molecule has 2 amide bonds. The van der Waals surface area contributed by atoms with Crippen molar-refractivity contribution < 1.29 is 24.2 Å². The van der Waals surface area contributed by atoms with Gasteiger partial charge < -0.3 is 30.5 Å². The first-order valence-electron chi connectivity index (χ1n) is 11.9. The van der Waals surface area contributed by atoms with Crippen LogP contribution in [-0.2, 0) is 0 Å². The largest absolute Gasteiger partial charge is 0.504 e. The van der Waals surface area contributed by atoms with E-state index in [2.05, 4.69) is 22.5 Å². The normalized spacial score (nSPS) is 9.93. The maximum absolute atomic E-state index is 13.0. The minimum Gasteiger partial charge on any atom is -0.504 e. The number of halogens is 1. The predicted molar refractivity (Wildman–Crippen MR) is 155 cm³/mol. The van der Waals surface area contributed by atoms with E-state index >= 15 is 0 Å². The first-order chi connectivity index (χ1) is 19.4. The lowest BCUT2D eigenvalue weighted by molar-refractivity contribution is 0.0954. The maximum atomic E-state index is 13.0. The van der Waals surface area contributed by atoms with E-state index in [4.69, 9.17) is 26.3 Å². The SMILES string of the molecule is C#N.COc1cc(C(=O)NCNc2ccc(Cl)c(NC(=O)c3cccc(-c4ccccc4)c3)c2)cc(O)c1OC. The molecule has 0 aliphatic rings. The summed E-state index contributed by atoms with van der Waals surface area (Å²) < 4.78 is 10.3. The van der Waals surface area contributed by atoms with E-state index < -0.39 is 5.91 Å². The molecular formula is C30H27ClN4O5. The second-order valence-electron chi connectivity index (χ2n) is 8.19. The molecule has 0 aromatic heterocycles. The lowest BCUT2D eigenvalue weighted by Gasteiger charge is -2.14. The van der Waals surface area contributed by atoms with Crippen LogP contribution in [0.15, 0.2) is 84.9 Å². The highest BCUT2D eigenvalue weighted by molar-refractivity contribution is 6.34. The summed E-state index contributed by atoms with van der Waals surface area (Å²) in [7, 11) is 2.81. The minimum atomic E-state index is -0.436. The van der Waals surface area contributed by atoms with E-state index in [0.717, 1.165) is 11.1 Å². The maximum Gasteiger partial charge on any atom is 0.255 e. The summed E-state index contributed by atoms with van der Waals surface area (Å²) in [5.74, 6) is -0.571. The van der Waals surface area contributed by atoms with Crippen molar-refractivity contribution in [3.8, 4) is 34.9 Å². The summed E-state index contributed by atoms with van der Waals surface area (Å²) in [6.45, 7) is 3.57. The molecular weight excluding hydrogens is 532 g/mol. The van der Waals surface area contributed by atoms with Gasteiger partial charge in [0, 0.05) is 23.4 Å². The number of phenolic OH excluding ortho intramolecular Hbond substituents is 1. The van der Waals surface area contributed by atoms with Gasteiger partial charge in [0.2, 0.25) is 5.75 Å². The summed E-state index contributed by atoms with van der Waals surface area (Å²) in [6.07, 6.45) is 0. The van der Waals surface area contributed by atoms with Crippen LogP contribution in [-0.4, -0.2) is 37.8 Å². The molecule has 0 radical (unpaired) electrons. The zero-order valence-corrected chi connectivity index (χ0v) is 22.5. The number of phenols is 1. The number of carbonyl (C=O) groups excluding carboxylic acids is 2. The molecule has 0 saturated carbocycles. The van der Waals surface area contributed by atoms with Gasteiger partial charge in [-0.15, -0.1) is 0 Å². The summed E-state index contributed by atoms with van der Waals surface area (Å²) in [6, 6.07) is 24.9. The molecule has 4 aromatic rings. The Labute approximate surface area is 236 Å². The van der Waals surface area contributed by atoms with Crippen molar-refractivity contribution in [2.24, 2.45) is 0 Å². The second-order valence-corrected chi connectivity index (χ2v) is 8.59. The lowest BCUT2D eigenvalue weighted by atomic mass is 10.0. The Kier molecular flexibility index (Phi) is 10.3. The monoisotopic (exact) mass is 558 g/mol. The Morgan fingerprint density at radius 1 is 0.850 bits per heavy atom. The van der Waals surface area contributed by atoms with Crippen LogP contribution in [0.2, 0.25) is 5.02 Å². The van der Waals surface area contributed by atoms with Gasteiger partial charge in [-0.05, 0) is 53.6 Å². The van der Waals surface area contributed by atoms with Crippen molar-refractivity contribution in [1.82, 2.24) is 5.32 Å². The number of methoxy groups -OCH3 is 2. The average molecular weight is 559 g/mol. The molecule has 4 rings (SSSR count). The number of nitrogens with one attached hydrogen (secondary N) is 3. The number of hydrogen-bond donors (Lipinski definition) is 4.